The third-order valence-corrected chi connectivity index (χ3v) is 5.56. The molecule has 0 bridgehead atoms. The van der Waals surface area contributed by atoms with Gasteiger partial charge in [-0.05, 0) is 61.6 Å². The largest absolute Gasteiger partial charge is 0.378 e. The highest BCUT2D eigenvalue weighted by atomic mass is 16.3. The summed E-state index contributed by atoms with van der Waals surface area (Å²) in [5.41, 5.74) is 3.25. The molecule has 2 N–H and O–H groups in total. The average Bonchev–Trinajstić information content (AvgIpc) is 3.24. The minimum Gasteiger partial charge on any atom is -0.378 e. The van der Waals surface area contributed by atoms with E-state index in [1.54, 1.807) is 50.6 Å². The van der Waals surface area contributed by atoms with Crippen molar-refractivity contribution in [1.82, 2.24) is 20.1 Å². The molecule has 3 heterocycles. The van der Waals surface area contributed by atoms with Crippen LogP contribution in [0.2, 0.25) is 0 Å². The molecule has 2 aromatic heterocycles. The summed E-state index contributed by atoms with van der Waals surface area (Å²) in [6.45, 7) is 3.24. The summed E-state index contributed by atoms with van der Waals surface area (Å²) in [6, 6.07) is 8.35. The Labute approximate surface area is 198 Å². The molecule has 0 aliphatic carbocycles. The van der Waals surface area contributed by atoms with Crippen LogP contribution < -0.4 is 10.2 Å². The normalized spacial score (nSPS) is 15.7. The van der Waals surface area contributed by atoms with Gasteiger partial charge in [0.1, 0.15) is 11.6 Å². The van der Waals surface area contributed by atoms with E-state index in [-0.39, 0.29) is 5.91 Å². The van der Waals surface area contributed by atoms with Gasteiger partial charge in [0.15, 0.2) is 0 Å². The first-order valence-corrected chi connectivity index (χ1v) is 11.1. The van der Waals surface area contributed by atoms with Crippen molar-refractivity contribution in [3.8, 4) is 11.8 Å². The number of aryl methyl sites for hydroxylation is 1. The van der Waals surface area contributed by atoms with Crippen LogP contribution in [0.1, 0.15) is 42.5 Å². The van der Waals surface area contributed by atoms with E-state index in [0.717, 1.165) is 22.4 Å². The summed E-state index contributed by atoms with van der Waals surface area (Å²) < 4.78 is 1.22. The molecule has 2 amide bonds. The number of aliphatic hydroxyl groups is 1. The van der Waals surface area contributed by atoms with Crippen LogP contribution in [0.15, 0.2) is 55.1 Å². The molecule has 1 aliphatic rings. The van der Waals surface area contributed by atoms with Crippen LogP contribution in [0.25, 0.3) is 0 Å². The molecule has 0 saturated heterocycles. The van der Waals surface area contributed by atoms with Crippen molar-refractivity contribution in [2.75, 3.05) is 11.9 Å². The number of carbonyl (C=O) groups excluding carboxylic acids is 2. The van der Waals surface area contributed by atoms with Crippen LogP contribution in [0.5, 0.6) is 0 Å². The number of anilines is 1. The highest BCUT2D eigenvalue weighted by Gasteiger charge is 2.30. The van der Waals surface area contributed by atoms with Crippen LogP contribution in [0, 0.1) is 11.8 Å². The van der Waals surface area contributed by atoms with Crippen LogP contribution in [-0.2, 0) is 17.6 Å². The lowest BCUT2D eigenvalue weighted by atomic mass is 10.0. The van der Waals surface area contributed by atoms with Crippen molar-refractivity contribution in [3.63, 3.8) is 0 Å². The van der Waals surface area contributed by atoms with Crippen molar-refractivity contribution in [1.29, 1.82) is 0 Å². The Hall–Kier alpha value is -3.96. The Morgan fingerprint density at radius 3 is 2.82 bits per heavy atom. The fraction of sp³-hybridized carbons (Fsp3) is 0.308. The summed E-state index contributed by atoms with van der Waals surface area (Å²) >= 11 is 0. The zero-order valence-electron chi connectivity index (χ0n) is 19.4. The minimum absolute atomic E-state index is 0.206. The Balaban J connectivity index is 1.46. The van der Waals surface area contributed by atoms with Gasteiger partial charge in [0.25, 0.3) is 0 Å². The van der Waals surface area contributed by atoms with E-state index in [0.29, 0.717) is 24.8 Å². The molecule has 1 aromatic carbocycles. The number of hydrogen-bond acceptors (Lipinski definition) is 5. The van der Waals surface area contributed by atoms with Gasteiger partial charge in [-0.1, -0.05) is 24.0 Å². The van der Waals surface area contributed by atoms with Crippen molar-refractivity contribution in [2.45, 2.75) is 44.8 Å². The van der Waals surface area contributed by atoms with Gasteiger partial charge < -0.3 is 15.3 Å². The number of benzene rings is 1. The van der Waals surface area contributed by atoms with Crippen LogP contribution in [0.3, 0.4) is 0 Å². The second-order valence-corrected chi connectivity index (χ2v) is 8.92. The van der Waals surface area contributed by atoms with E-state index >= 15 is 0 Å². The van der Waals surface area contributed by atoms with Gasteiger partial charge in [0.2, 0.25) is 5.91 Å². The van der Waals surface area contributed by atoms with Crippen LogP contribution in [-0.4, -0.2) is 50.5 Å². The molecular formula is C26H27N5O3. The number of rotatable bonds is 3. The Morgan fingerprint density at radius 2 is 2.09 bits per heavy atom. The SMILES string of the molecule is CN1C(=O)[C@@H](NC(=O)n2cc(Cc3cccnc3)cn2)CCc2ccc(C#CC(C)(C)O)cc21. The summed E-state index contributed by atoms with van der Waals surface area (Å²) in [7, 11) is 1.69. The first kappa shape index (κ1) is 23.2. The van der Waals surface area contributed by atoms with Gasteiger partial charge in [-0.2, -0.15) is 9.78 Å². The number of amides is 2. The number of pyridine rings is 1. The maximum absolute atomic E-state index is 13.1. The lowest BCUT2D eigenvalue weighted by molar-refractivity contribution is -0.120. The standard InChI is InChI=1S/C26H27N5O3/c1-26(2,34)11-10-18-6-7-21-8-9-22(24(32)30(3)23(21)14-18)29-25(33)31-17-20(16-28-31)13-19-5-4-12-27-15-19/h4-7,12,14-17,22,34H,8-9,13H2,1-3H3,(H,29,33)/t22-/m0/s1. The van der Waals surface area contributed by atoms with E-state index in [1.165, 1.54) is 4.68 Å². The van der Waals surface area contributed by atoms with E-state index in [2.05, 4.69) is 27.2 Å². The van der Waals surface area contributed by atoms with Crippen LogP contribution >= 0.6 is 0 Å². The van der Waals surface area contributed by atoms with Gasteiger partial charge in [-0.3, -0.25) is 9.78 Å². The minimum atomic E-state index is -1.10. The van der Waals surface area contributed by atoms with Crippen molar-refractivity contribution < 1.29 is 14.7 Å². The Kier molecular flexibility index (Phi) is 6.48. The maximum Gasteiger partial charge on any atom is 0.342 e. The molecule has 0 fully saturated rings. The predicted octanol–water partition coefficient (Wildman–Crippen LogP) is 2.53. The number of carbonyl (C=O) groups is 2. The molecule has 8 heteroatoms. The van der Waals surface area contributed by atoms with Crippen molar-refractivity contribution >= 4 is 17.6 Å². The smallest absolute Gasteiger partial charge is 0.342 e. The molecule has 1 atom stereocenters. The van der Waals surface area contributed by atoms with Gasteiger partial charge in [-0.15, -0.1) is 0 Å². The number of nitrogens with zero attached hydrogens (tertiary/aromatic N) is 4. The highest BCUT2D eigenvalue weighted by molar-refractivity contribution is 6.00. The van der Waals surface area contributed by atoms with Gasteiger partial charge in [0.05, 0.1) is 6.20 Å². The zero-order chi connectivity index (χ0) is 24.3. The fourth-order valence-electron chi connectivity index (χ4n) is 3.82. The third kappa shape index (κ3) is 5.50. The molecule has 3 aromatic rings. The zero-order valence-corrected chi connectivity index (χ0v) is 19.4. The molecule has 0 spiro atoms. The van der Waals surface area contributed by atoms with Gasteiger partial charge >= 0.3 is 6.03 Å². The monoisotopic (exact) mass is 457 g/mol. The lowest BCUT2D eigenvalue weighted by Crippen LogP contribution is -2.48. The predicted molar refractivity (Wildman–Crippen MR) is 128 cm³/mol. The van der Waals surface area contributed by atoms with Crippen molar-refractivity contribution in [3.05, 3.63) is 77.4 Å². The topological polar surface area (TPSA) is 100 Å². The summed E-state index contributed by atoms with van der Waals surface area (Å²) in [6.07, 6.45) is 8.50. The molecule has 0 unspecified atom stereocenters. The quantitative estimate of drug-likeness (QED) is 0.589. The molecule has 8 nitrogen and oxygen atoms in total. The second-order valence-electron chi connectivity index (χ2n) is 8.92. The average molecular weight is 458 g/mol. The summed E-state index contributed by atoms with van der Waals surface area (Å²) in [5.74, 6) is 5.53. The number of aromatic nitrogens is 3. The van der Waals surface area contributed by atoms with Crippen LogP contribution in [0.4, 0.5) is 10.5 Å². The number of likely N-dealkylation sites (N-methyl/N-ethyl adjacent to an activating group) is 1. The van der Waals surface area contributed by atoms with Gasteiger partial charge in [0, 0.05) is 43.3 Å². The Morgan fingerprint density at radius 1 is 1.26 bits per heavy atom. The molecule has 34 heavy (non-hydrogen) atoms. The lowest BCUT2D eigenvalue weighted by Gasteiger charge is -2.22. The maximum atomic E-state index is 13.1. The van der Waals surface area contributed by atoms with E-state index in [9.17, 15) is 14.7 Å². The third-order valence-electron chi connectivity index (χ3n) is 5.56. The molecule has 174 valence electrons. The Bertz CT molecular complexity index is 1260. The molecule has 0 saturated carbocycles. The number of nitrogens with one attached hydrogen (secondary N) is 1. The fourth-order valence-corrected chi connectivity index (χ4v) is 3.82. The molecule has 4 rings (SSSR count). The second kappa shape index (κ2) is 9.49. The first-order chi connectivity index (χ1) is 16.2. The first-order valence-electron chi connectivity index (χ1n) is 11.1. The number of fused-ring (bicyclic) bond motifs is 1. The molecule has 0 radical (unpaired) electrons. The number of hydrogen-bond donors (Lipinski definition) is 2. The van der Waals surface area contributed by atoms with Gasteiger partial charge in [-0.25, -0.2) is 4.79 Å². The van der Waals surface area contributed by atoms with E-state index in [4.69, 9.17) is 0 Å². The summed E-state index contributed by atoms with van der Waals surface area (Å²) in [4.78, 5) is 31.6. The molecular weight excluding hydrogens is 430 g/mol. The van der Waals surface area contributed by atoms with Crippen molar-refractivity contribution in [2.24, 2.45) is 0 Å². The van der Waals surface area contributed by atoms with E-state index < -0.39 is 17.7 Å². The highest BCUT2D eigenvalue weighted by Crippen LogP contribution is 2.27. The van der Waals surface area contributed by atoms with E-state index in [1.807, 2.05) is 30.3 Å². The molecule has 1 aliphatic heterocycles. The summed E-state index contributed by atoms with van der Waals surface area (Å²) in [5, 5.41) is 16.8.